The van der Waals surface area contributed by atoms with Gasteiger partial charge in [0.05, 0.1) is 5.69 Å². The van der Waals surface area contributed by atoms with Crippen LogP contribution in [0.15, 0.2) is 24.3 Å². The topological polar surface area (TPSA) is 61.9 Å². The molecule has 0 radical (unpaired) electrons. The van der Waals surface area contributed by atoms with Gasteiger partial charge in [0.15, 0.2) is 6.61 Å². The Balaban J connectivity index is 1.37. The molecule has 2 aliphatic heterocycles. The van der Waals surface area contributed by atoms with Gasteiger partial charge in [-0.15, -0.1) is 0 Å². The molecule has 0 spiro atoms. The second-order valence-electron chi connectivity index (χ2n) is 6.66. The van der Waals surface area contributed by atoms with Crippen molar-refractivity contribution in [3.05, 3.63) is 24.3 Å². The minimum atomic E-state index is -0.0517. The highest BCUT2D eigenvalue weighted by molar-refractivity contribution is 5.97. The predicted octanol–water partition coefficient (Wildman–Crippen LogP) is 1.79. The van der Waals surface area contributed by atoms with E-state index in [1.165, 1.54) is 19.3 Å². The van der Waals surface area contributed by atoms with Gasteiger partial charge < -0.3 is 19.9 Å². The van der Waals surface area contributed by atoms with E-state index in [2.05, 4.69) is 10.2 Å². The maximum atomic E-state index is 12.1. The zero-order valence-corrected chi connectivity index (χ0v) is 14.7. The summed E-state index contributed by atoms with van der Waals surface area (Å²) in [6.45, 7) is 4.54. The number of para-hydroxylation sites is 2. The normalized spacial score (nSPS) is 17.8. The quantitative estimate of drug-likeness (QED) is 0.818. The van der Waals surface area contributed by atoms with Gasteiger partial charge in [0, 0.05) is 26.1 Å². The molecule has 6 heteroatoms. The Bertz CT molecular complexity index is 599. The minimum absolute atomic E-state index is 0.0517. The molecule has 0 atom stereocenters. The summed E-state index contributed by atoms with van der Waals surface area (Å²) in [6, 6.07) is 7.52. The number of rotatable bonds is 7. The highest BCUT2D eigenvalue weighted by Gasteiger charge is 2.24. The van der Waals surface area contributed by atoms with Crippen molar-refractivity contribution in [3.8, 4) is 5.75 Å². The van der Waals surface area contributed by atoms with Crippen molar-refractivity contribution < 1.29 is 14.3 Å². The summed E-state index contributed by atoms with van der Waals surface area (Å²) in [7, 11) is 0. The number of hydrogen-bond donors (Lipinski definition) is 1. The second kappa shape index (κ2) is 8.85. The molecular formula is C19H27N3O3. The smallest absolute Gasteiger partial charge is 0.265 e. The molecule has 25 heavy (non-hydrogen) atoms. The molecule has 6 nitrogen and oxygen atoms in total. The minimum Gasteiger partial charge on any atom is -0.482 e. The fourth-order valence-corrected chi connectivity index (χ4v) is 3.42. The van der Waals surface area contributed by atoms with Crippen LogP contribution in [0.25, 0.3) is 0 Å². The van der Waals surface area contributed by atoms with Crippen molar-refractivity contribution in [3.63, 3.8) is 0 Å². The van der Waals surface area contributed by atoms with E-state index in [4.69, 9.17) is 4.74 Å². The van der Waals surface area contributed by atoms with Crippen LogP contribution in [-0.4, -0.2) is 56.0 Å². The molecule has 0 aromatic heterocycles. The maximum absolute atomic E-state index is 12.1. The lowest BCUT2D eigenvalue weighted by molar-refractivity contribution is -0.122. The predicted molar refractivity (Wildman–Crippen MR) is 96.8 cm³/mol. The van der Waals surface area contributed by atoms with Gasteiger partial charge in [0.1, 0.15) is 5.75 Å². The summed E-state index contributed by atoms with van der Waals surface area (Å²) >= 11 is 0. The molecule has 1 aromatic carbocycles. The molecule has 2 heterocycles. The second-order valence-corrected chi connectivity index (χ2v) is 6.66. The van der Waals surface area contributed by atoms with Crippen LogP contribution < -0.4 is 15.0 Å². The summed E-state index contributed by atoms with van der Waals surface area (Å²) in [4.78, 5) is 28.2. The average Bonchev–Trinajstić information content (AvgIpc) is 2.64. The first-order chi connectivity index (χ1) is 12.2. The number of nitrogens with zero attached hydrogens (tertiary/aromatic N) is 2. The van der Waals surface area contributed by atoms with Crippen molar-refractivity contribution in [1.29, 1.82) is 0 Å². The van der Waals surface area contributed by atoms with E-state index in [9.17, 15) is 9.59 Å². The Labute approximate surface area is 149 Å². The van der Waals surface area contributed by atoms with Crippen LogP contribution >= 0.6 is 0 Å². The number of likely N-dealkylation sites (tertiary alicyclic amines) is 1. The molecule has 3 rings (SSSR count). The third kappa shape index (κ3) is 4.95. The fraction of sp³-hybridized carbons (Fsp3) is 0.579. The largest absolute Gasteiger partial charge is 0.482 e. The molecule has 0 aliphatic carbocycles. The molecule has 2 aliphatic rings. The molecule has 0 bridgehead atoms. The van der Waals surface area contributed by atoms with Gasteiger partial charge in [-0.1, -0.05) is 18.6 Å². The molecule has 1 aromatic rings. The van der Waals surface area contributed by atoms with Crippen LogP contribution in [0.3, 0.4) is 0 Å². The first-order valence-electron chi connectivity index (χ1n) is 9.25. The van der Waals surface area contributed by atoms with E-state index in [-0.39, 0.29) is 18.4 Å². The van der Waals surface area contributed by atoms with Gasteiger partial charge in [0.25, 0.3) is 5.91 Å². The number of carbonyl (C=O) groups excluding carboxylic acids is 2. The SMILES string of the molecule is O=C(CCCN1C(=O)COc2ccccc21)NCCN1CCCCC1. The van der Waals surface area contributed by atoms with Crippen molar-refractivity contribution in [2.24, 2.45) is 0 Å². The fourth-order valence-electron chi connectivity index (χ4n) is 3.42. The first kappa shape index (κ1) is 17.7. The number of nitrogens with one attached hydrogen (secondary N) is 1. The van der Waals surface area contributed by atoms with E-state index in [1.54, 1.807) is 4.90 Å². The number of hydrogen-bond acceptors (Lipinski definition) is 4. The van der Waals surface area contributed by atoms with Crippen LogP contribution in [0, 0.1) is 0 Å². The Hall–Kier alpha value is -2.08. The molecule has 1 saturated heterocycles. The lowest BCUT2D eigenvalue weighted by atomic mass is 10.1. The van der Waals surface area contributed by atoms with E-state index in [0.29, 0.717) is 25.9 Å². The van der Waals surface area contributed by atoms with Crippen molar-refractivity contribution in [2.45, 2.75) is 32.1 Å². The summed E-state index contributed by atoms with van der Waals surface area (Å²) in [6.07, 6.45) is 4.95. The third-order valence-electron chi connectivity index (χ3n) is 4.79. The number of carbonyl (C=O) groups is 2. The van der Waals surface area contributed by atoms with Gasteiger partial charge in [0.2, 0.25) is 5.91 Å². The monoisotopic (exact) mass is 345 g/mol. The standard InChI is InChI=1S/C19H27N3O3/c23-18(20-10-14-21-11-4-1-5-12-21)9-6-13-22-16-7-2-3-8-17(16)25-15-19(22)24/h2-3,7-8H,1,4-6,9-15H2,(H,20,23). The van der Waals surface area contributed by atoms with E-state index in [1.807, 2.05) is 24.3 Å². The lowest BCUT2D eigenvalue weighted by Gasteiger charge is -2.29. The number of benzene rings is 1. The Morgan fingerprint density at radius 2 is 1.92 bits per heavy atom. The number of ether oxygens (including phenoxy) is 1. The Morgan fingerprint density at radius 1 is 1.12 bits per heavy atom. The van der Waals surface area contributed by atoms with Gasteiger partial charge >= 0.3 is 0 Å². The zero-order chi connectivity index (χ0) is 17.5. The summed E-state index contributed by atoms with van der Waals surface area (Å²) in [5.74, 6) is 0.739. The van der Waals surface area contributed by atoms with Crippen molar-refractivity contribution in [1.82, 2.24) is 10.2 Å². The lowest BCUT2D eigenvalue weighted by Crippen LogP contribution is -2.40. The van der Waals surface area contributed by atoms with Crippen LogP contribution in [0.5, 0.6) is 5.75 Å². The highest BCUT2D eigenvalue weighted by Crippen LogP contribution is 2.31. The van der Waals surface area contributed by atoms with Crippen molar-refractivity contribution >= 4 is 17.5 Å². The highest BCUT2D eigenvalue weighted by atomic mass is 16.5. The number of anilines is 1. The third-order valence-corrected chi connectivity index (χ3v) is 4.79. The Morgan fingerprint density at radius 3 is 2.76 bits per heavy atom. The van der Waals surface area contributed by atoms with Gasteiger partial charge in [-0.25, -0.2) is 0 Å². The number of fused-ring (bicyclic) bond motifs is 1. The molecule has 1 N–H and O–H groups in total. The van der Waals surface area contributed by atoms with Crippen LogP contribution in [0.4, 0.5) is 5.69 Å². The summed E-state index contributed by atoms with van der Waals surface area (Å²) in [5, 5.41) is 2.99. The molecule has 0 saturated carbocycles. The van der Waals surface area contributed by atoms with Gasteiger partial charge in [-0.05, 0) is 44.5 Å². The molecule has 2 amide bonds. The number of piperidine rings is 1. The molecule has 136 valence electrons. The summed E-state index contributed by atoms with van der Waals surface area (Å²) < 4.78 is 5.43. The zero-order valence-electron chi connectivity index (χ0n) is 14.7. The molecule has 0 unspecified atom stereocenters. The van der Waals surface area contributed by atoms with E-state index >= 15 is 0 Å². The Kier molecular flexibility index (Phi) is 6.28. The molecular weight excluding hydrogens is 318 g/mol. The van der Waals surface area contributed by atoms with Gasteiger partial charge in [-0.3, -0.25) is 9.59 Å². The maximum Gasteiger partial charge on any atom is 0.265 e. The van der Waals surface area contributed by atoms with E-state index < -0.39 is 0 Å². The van der Waals surface area contributed by atoms with Crippen LogP contribution in [0.1, 0.15) is 32.1 Å². The van der Waals surface area contributed by atoms with Crippen molar-refractivity contribution in [2.75, 3.05) is 44.2 Å². The van der Waals surface area contributed by atoms with Gasteiger partial charge in [-0.2, -0.15) is 0 Å². The van der Waals surface area contributed by atoms with E-state index in [0.717, 1.165) is 31.1 Å². The molecule has 1 fully saturated rings. The average molecular weight is 345 g/mol. The first-order valence-corrected chi connectivity index (χ1v) is 9.25. The van der Waals surface area contributed by atoms with Crippen LogP contribution in [-0.2, 0) is 9.59 Å². The number of amides is 2. The van der Waals surface area contributed by atoms with Crippen LogP contribution in [0.2, 0.25) is 0 Å². The summed E-state index contributed by atoms with van der Waals surface area (Å²) in [5.41, 5.74) is 0.796.